The number of carbonyl (C=O) groups excluding carboxylic acids is 1. The molecule has 2 fully saturated rings. The van der Waals surface area contributed by atoms with Crippen LogP contribution in [0.5, 0.6) is 0 Å². The summed E-state index contributed by atoms with van der Waals surface area (Å²) in [6, 6.07) is 10.5. The molecule has 4 nitrogen and oxygen atoms in total. The van der Waals surface area contributed by atoms with Gasteiger partial charge in [-0.05, 0) is 37.2 Å². The number of likely N-dealkylation sites (tertiary alicyclic amines) is 1. The van der Waals surface area contributed by atoms with Crippen LogP contribution in [0.15, 0.2) is 30.3 Å². The summed E-state index contributed by atoms with van der Waals surface area (Å²) in [6.07, 6.45) is 4.16. The summed E-state index contributed by atoms with van der Waals surface area (Å²) in [7, 11) is 0. The monoisotopic (exact) mass is 330 g/mol. The third-order valence-electron chi connectivity index (χ3n) is 5.40. The van der Waals surface area contributed by atoms with Gasteiger partial charge in [-0.25, -0.2) is 0 Å². The van der Waals surface area contributed by atoms with Crippen molar-refractivity contribution < 1.29 is 9.53 Å². The number of hydrogen-bond donors (Lipinski definition) is 1. The maximum absolute atomic E-state index is 12.7. The van der Waals surface area contributed by atoms with Gasteiger partial charge >= 0.3 is 0 Å². The molecule has 1 N–H and O–H groups in total. The maximum atomic E-state index is 12.7. The Kier molecular flexibility index (Phi) is 6.27. The Morgan fingerprint density at radius 1 is 1.25 bits per heavy atom. The number of piperidine rings is 1. The number of nitrogens with zero attached hydrogens (tertiary/aromatic N) is 1. The van der Waals surface area contributed by atoms with E-state index in [-0.39, 0.29) is 11.8 Å². The fraction of sp³-hybridized carbons (Fsp3) is 0.650. The van der Waals surface area contributed by atoms with Crippen molar-refractivity contribution in [2.45, 2.75) is 44.6 Å². The van der Waals surface area contributed by atoms with Crippen LogP contribution in [0.25, 0.3) is 0 Å². The summed E-state index contributed by atoms with van der Waals surface area (Å²) >= 11 is 0. The first-order chi connectivity index (χ1) is 11.8. The summed E-state index contributed by atoms with van der Waals surface area (Å²) in [6.45, 7) is 7.26. The predicted molar refractivity (Wildman–Crippen MR) is 96.0 cm³/mol. The van der Waals surface area contributed by atoms with Gasteiger partial charge in [0.2, 0.25) is 5.91 Å². The molecule has 0 spiro atoms. The molecule has 2 atom stereocenters. The lowest BCUT2D eigenvalue weighted by molar-refractivity contribution is -0.123. The van der Waals surface area contributed by atoms with Gasteiger partial charge in [0.15, 0.2) is 0 Å². The van der Waals surface area contributed by atoms with E-state index >= 15 is 0 Å². The summed E-state index contributed by atoms with van der Waals surface area (Å²) < 4.78 is 5.47. The van der Waals surface area contributed by atoms with Crippen molar-refractivity contribution in [3.8, 4) is 0 Å². The van der Waals surface area contributed by atoms with E-state index in [0.29, 0.717) is 12.0 Å². The molecule has 132 valence electrons. The number of nitrogens with one attached hydrogen (secondary N) is 1. The first kappa shape index (κ1) is 17.4. The molecule has 1 amide bonds. The van der Waals surface area contributed by atoms with Crippen LogP contribution in [0.3, 0.4) is 0 Å². The molecule has 2 saturated heterocycles. The molecule has 3 rings (SSSR count). The zero-order chi connectivity index (χ0) is 16.8. The number of carbonyl (C=O) groups is 1. The lowest BCUT2D eigenvalue weighted by Crippen LogP contribution is -2.46. The second-order valence-corrected chi connectivity index (χ2v) is 7.18. The molecule has 2 heterocycles. The quantitative estimate of drug-likeness (QED) is 0.872. The lowest BCUT2D eigenvalue weighted by Gasteiger charge is -2.34. The minimum Gasteiger partial charge on any atom is -0.381 e. The number of amides is 1. The van der Waals surface area contributed by atoms with E-state index in [4.69, 9.17) is 4.74 Å². The minimum atomic E-state index is -0.0279. The molecule has 0 radical (unpaired) electrons. The van der Waals surface area contributed by atoms with Gasteiger partial charge in [0.05, 0.1) is 12.5 Å². The summed E-state index contributed by atoms with van der Waals surface area (Å²) in [5, 5.41) is 3.29. The Morgan fingerprint density at radius 3 is 2.62 bits per heavy atom. The number of rotatable bonds is 6. The predicted octanol–water partition coefficient (Wildman–Crippen LogP) is 2.80. The summed E-state index contributed by atoms with van der Waals surface area (Å²) in [5.74, 6) is 0.866. The summed E-state index contributed by atoms with van der Waals surface area (Å²) in [5.41, 5.74) is 1.12. The van der Waals surface area contributed by atoms with Gasteiger partial charge in [0.25, 0.3) is 0 Å². The average molecular weight is 330 g/mol. The van der Waals surface area contributed by atoms with E-state index in [0.717, 1.165) is 57.7 Å². The van der Waals surface area contributed by atoms with Crippen molar-refractivity contribution in [3.63, 3.8) is 0 Å². The van der Waals surface area contributed by atoms with Crippen LogP contribution in [0.2, 0.25) is 0 Å². The molecule has 24 heavy (non-hydrogen) atoms. The van der Waals surface area contributed by atoms with Crippen LogP contribution in [0.4, 0.5) is 0 Å². The molecule has 1 aromatic rings. The molecule has 2 aliphatic heterocycles. The third kappa shape index (κ3) is 4.58. The molecule has 1 aromatic carbocycles. The van der Waals surface area contributed by atoms with Crippen molar-refractivity contribution in [2.24, 2.45) is 5.92 Å². The molecular weight excluding hydrogens is 300 g/mol. The van der Waals surface area contributed by atoms with Crippen molar-refractivity contribution in [1.29, 1.82) is 0 Å². The Morgan fingerprint density at radius 2 is 2.00 bits per heavy atom. The van der Waals surface area contributed by atoms with Gasteiger partial charge in [-0.15, -0.1) is 0 Å². The van der Waals surface area contributed by atoms with E-state index in [1.54, 1.807) is 0 Å². The highest BCUT2D eigenvalue weighted by molar-refractivity contribution is 5.83. The molecular formula is C20H30N2O2. The van der Waals surface area contributed by atoms with E-state index in [9.17, 15) is 4.79 Å². The Balaban J connectivity index is 1.45. The Labute approximate surface area is 145 Å². The van der Waals surface area contributed by atoms with Crippen molar-refractivity contribution in [1.82, 2.24) is 10.2 Å². The van der Waals surface area contributed by atoms with Gasteiger partial charge in [0.1, 0.15) is 0 Å². The Bertz CT molecular complexity index is 506. The average Bonchev–Trinajstić information content (AvgIpc) is 3.11. The van der Waals surface area contributed by atoms with E-state index in [1.165, 1.54) is 6.42 Å². The zero-order valence-corrected chi connectivity index (χ0v) is 14.7. The van der Waals surface area contributed by atoms with Crippen molar-refractivity contribution >= 4 is 5.91 Å². The van der Waals surface area contributed by atoms with Gasteiger partial charge in [-0.1, -0.05) is 37.3 Å². The van der Waals surface area contributed by atoms with E-state index in [2.05, 4.69) is 29.3 Å². The largest absolute Gasteiger partial charge is 0.381 e. The van der Waals surface area contributed by atoms with Crippen LogP contribution >= 0.6 is 0 Å². The molecule has 0 aliphatic carbocycles. The highest BCUT2D eigenvalue weighted by Gasteiger charge is 2.26. The highest BCUT2D eigenvalue weighted by Crippen LogP contribution is 2.21. The van der Waals surface area contributed by atoms with Crippen LogP contribution in [-0.4, -0.2) is 49.7 Å². The second-order valence-electron chi connectivity index (χ2n) is 7.18. The lowest BCUT2D eigenvalue weighted by atomic mass is 9.94. The third-order valence-corrected chi connectivity index (χ3v) is 5.40. The molecule has 0 aromatic heterocycles. The first-order valence-electron chi connectivity index (χ1n) is 9.41. The zero-order valence-electron chi connectivity index (χ0n) is 14.7. The van der Waals surface area contributed by atoms with E-state index < -0.39 is 0 Å². The molecule has 0 bridgehead atoms. The minimum absolute atomic E-state index is 0.0279. The summed E-state index contributed by atoms with van der Waals surface area (Å²) in [4.78, 5) is 15.2. The standard InChI is InChI=1S/C20H30N2O2/c1-2-19(17-6-4-3-5-7-17)20(23)21-18-8-11-22(12-9-18)14-16-10-13-24-15-16/h3-7,16,18-19H,2,8-15H2,1H3,(H,21,23). The highest BCUT2D eigenvalue weighted by atomic mass is 16.5. The second kappa shape index (κ2) is 8.63. The first-order valence-corrected chi connectivity index (χ1v) is 9.41. The van der Waals surface area contributed by atoms with Crippen LogP contribution in [0, 0.1) is 5.92 Å². The van der Waals surface area contributed by atoms with Crippen LogP contribution in [0.1, 0.15) is 44.1 Å². The maximum Gasteiger partial charge on any atom is 0.227 e. The molecule has 2 aliphatic rings. The van der Waals surface area contributed by atoms with E-state index in [1.807, 2.05) is 18.2 Å². The van der Waals surface area contributed by atoms with Crippen LogP contribution < -0.4 is 5.32 Å². The fourth-order valence-electron chi connectivity index (χ4n) is 3.91. The van der Waals surface area contributed by atoms with Crippen molar-refractivity contribution in [3.05, 3.63) is 35.9 Å². The van der Waals surface area contributed by atoms with Gasteiger partial charge in [0, 0.05) is 32.3 Å². The normalized spacial score (nSPS) is 24.0. The number of benzene rings is 1. The van der Waals surface area contributed by atoms with Gasteiger partial charge < -0.3 is 15.0 Å². The Hall–Kier alpha value is -1.39. The molecule has 4 heteroatoms. The van der Waals surface area contributed by atoms with Crippen LogP contribution in [-0.2, 0) is 9.53 Å². The van der Waals surface area contributed by atoms with Gasteiger partial charge in [-0.3, -0.25) is 4.79 Å². The number of ether oxygens (including phenoxy) is 1. The molecule has 0 saturated carbocycles. The van der Waals surface area contributed by atoms with Crippen molar-refractivity contribution in [2.75, 3.05) is 32.8 Å². The number of hydrogen-bond acceptors (Lipinski definition) is 3. The SMILES string of the molecule is CCC(C(=O)NC1CCN(CC2CCOC2)CC1)c1ccccc1. The fourth-order valence-corrected chi connectivity index (χ4v) is 3.91. The van der Waals surface area contributed by atoms with Gasteiger partial charge in [-0.2, -0.15) is 0 Å². The smallest absolute Gasteiger partial charge is 0.227 e. The molecule has 2 unspecified atom stereocenters. The topological polar surface area (TPSA) is 41.6 Å².